The summed E-state index contributed by atoms with van der Waals surface area (Å²) in [6.45, 7) is 1.55. The molecule has 0 bridgehead atoms. The van der Waals surface area contributed by atoms with Gasteiger partial charge in [0.05, 0.1) is 5.69 Å². The van der Waals surface area contributed by atoms with Gasteiger partial charge >= 0.3 is 0 Å². The van der Waals surface area contributed by atoms with E-state index in [1.807, 2.05) is 0 Å². The number of carbonyl (C=O) groups excluding carboxylic acids is 1. The van der Waals surface area contributed by atoms with Crippen molar-refractivity contribution in [1.29, 1.82) is 0 Å². The highest BCUT2D eigenvalue weighted by atomic mass is 16.1. The highest BCUT2D eigenvalue weighted by Crippen LogP contribution is 2.38. The minimum absolute atomic E-state index is 0.102. The monoisotopic (exact) mass is 191 g/mol. The van der Waals surface area contributed by atoms with Crippen molar-refractivity contribution in [3.8, 4) is 0 Å². The second-order valence-corrected chi connectivity index (χ2v) is 3.80. The molecule has 0 saturated heterocycles. The molecule has 4 nitrogen and oxygen atoms in total. The third kappa shape index (κ3) is 2.07. The van der Waals surface area contributed by atoms with Crippen LogP contribution >= 0.6 is 0 Å². The van der Waals surface area contributed by atoms with Crippen LogP contribution in [0.15, 0.2) is 6.07 Å². The number of aromatic nitrogens is 2. The maximum atomic E-state index is 10.9. The summed E-state index contributed by atoms with van der Waals surface area (Å²) in [6, 6.07) is 1.67. The van der Waals surface area contributed by atoms with Crippen LogP contribution in [0.4, 0.5) is 5.82 Å². The molecule has 0 aromatic carbocycles. The third-order valence-corrected chi connectivity index (χ3v) is 2.19. The molecular formula is C10H13N3O. The molecule has 1 aromatic rings. The lowest BCUT2D eigenvalue weighted by molar-refractivity contribution is -0.116. The fourth-order valence-electron chi connectivity index (χ4n) is 1.41. The van der Waals surface area contributed by atoms with E-state index in [-0.39, 0.29) is 5.78 Å². The van der Waals surface area contributed by atoms with E-state index in [4.69, 9.17) is 5.73 Å². The molecule has 2 N–H and O–H groups in total. The van der Waals surface area contributed by atoms with E-state index in [2.05, 4.69) is 9.97 Å². The normalized spacial score (nSPS) is 15.5. The van der Waals surface area contributed by atoms with E-state index in [1.54, 1.807) is 13.0 Å². The third-order valence-electron chi connectivity index (χ3n) is 2.19. The van der Waals surface area contributed by atoms with Crippen molar-refractivity contribution < 1.29 is 4.79 Å². The number of anilines is 1. The summed E-state index contributed by atoms with van der Waals surface area (Å²) in [4.78, 5) is 19.4. The molecule has 0 radical (unpaired) electrons. The summed E-state index contributed by atoms with van der Waals surface area (Å²) in [6.07, 6.45) is 2.64. The Balaban J connectivity index is 2.26. The van der Waals surface area contributed by atoms with E-state index in [0.717, 1.165) is 24.4 Å². The molecule has 1 aliphatic carbocycles. The molecular weight excluding hydrogens is 178 g/mol. The van der Waals surface area contributed by atoms with Crippen molar-refractivity contribution in [1.82, 2.24) is 9.97 Å². The maximum Gasteiger partial charge on any atom is 0.135 e. The summed E-state index contributed by atoms with van der Waals surface area (Å²) >= 11 is 0. The number of nitrogen functional groups attached to an aromatic ring is 1. The second kappa shape index (κ2) is 3.36. The van der Waals surface area contributed by atoms with Gasteiger partial charge in [0.25, 0.3) is 0 Å². The molecule has 0 amide bonds. The number of nitrogens with zero attached hydrogens (tertiary/aromatic N) is 2. The van der Waals surface area contributed by atoms with Crippen molar-refractivity contribution in [2.45, 2.75) is 32.1 Å². The quantitative estimate of drug-likeness (QED) is 0.775. The summed E-state index contributed by atoms with van der Waals surface area (Å²) in [5, 5.41) is 0. The van der Waals surface area contributed by atoms with Crippen LogP contribution < -0.4 is 5.73 Å². The number of rotatable bonds is 3. The van der Waals surface area contributed by atoms with E-state index in [9.17, 15) is 4.79 Å². The first-order chi connectivity index (χ1) is 6.65. The number of hydrogen-bond donors (Lipinski definition) is 1. The van der Waals surface area contributed by atoms with Gasteiger partial charge in [-0.1, -0.05) is 0 Å². The minimum Gasteiger partial charge on any atom is -0.384 e. The number of nitrogens with two attached hydrogens (primary N) is 1. The fourth-order valence-corrected chi connectivity index (χ4v) is 1.41. The van der Waals surface area contributed by atoms with Crippen LogP contribution in [-0.4, -0.2) is 15.8 Å². The van der Waals surface area contributed by atoms with Crippen molar-refractivity contribution in [2.24, 2.45) is 0 Å². The zero-order valence-corrected chi connectivity index (χ0v) is 8.16. The zero-order chi connectivity index (χ0) is 10.1. The Hall–Kier alpha value is -1.45. The van der Waals surface area contributed by atoms with E-state index < -0.39 is 0 Å². The molecule has 1 aromatic heterocycles. The van der Waals surface area contributed by atoms with Gasteiger partial charge in [0.2, 0.25) is 0 Å². The lowest BCUT2D eigenvalue weighted by Crippen LogP contribution is -2.05. The smallest absolute Gasteiger partial charge is 0.135 e. The van der Waals surface area contributed by atoms with Gasteiger partial charge in [-0.2, -0.15) is 0 Å². The van der Waals surface area contributed by atoms with Crippen LogP contribution in [0.5, 0.6) is 0 Å². The minimum atomic E-state index is 0.102. The lowest BCUT2D eigenvalue weighted by Gasteiger charge is -2.02. The SMILES string of the molecule is CC(=O)Cc1cc(N)nc(C2CC2)n1. The fraction of sp³-hybridized carbons (Fsp3) is 0.500. The summed E-state index contributed by atoms with van der Waals surface area (Å²) in [5.41, 5.74) is 6.38. The summed E-state index contributed by atoms with van der Waals surface area (Å²) in [7, 11) is 0. The highest BCUT2D eigenvalue weighted by molar-refractivity contribution is 5.77. The molecule has 4 heteroatoms. The van der Waals surface area contributed by atoms with Crippen LogP contribution in [0, 0.1) is 0 Å². The standard InChI is InChI=1S/C10H13N3O/c1-6(14)4-8-5-9(11)13-10(12-8)7-2-3-7/h5,7H,2-4H2,1H3,(H2,11,12,13). The highest BCUT2D eigenvalue weighted by Gasteiger charge is 2.27. The van der Waals surface area contributed by atoms with Gasteiger partial charge in [0.15, 0.2) is 0 Å². The first kappa shape index (κ1) is 9.12. The first-order valence-electron chi connectivity index (χ1n) is 4.78. The van der Waals surface area contributed by atoms with Crippen molar-refractivity contribution >= 4 is 11.6 Å². The molecule has 1 saturated carbocycles. The van der Waals surface area contributed by atoms with E-state index in [1.165, 1.54) is 0 Å². The second-order valence-electron chi connectivity index (χ2n) is 3.80. The summed E-state index contributed by atoms with van der Waals surface area (Å²) < 4.78 is 0. The Bertz CT molecular complexity index is 372. The Labute approximate surface area is 82.6 Å². The van der Waals surface area contributed by atoms with Gasteiger partial charge in [0, 0.05) is 18.4 Å². The van der Waals surface area contributed by atoms with Gasteiger partial charge < -0.3 is 5.73 Å². The molecule has 0 aliphatic heterocycles. The van der Waals surface area contributed by atoms with Crippen LogP contribution in [0.25, 0.3) is 0 Å². The van der Waals surface area contributed by atoms with Gasteiger partial charge in [0.1, 0.15) is 17.4 Å². The van der Waals surface area contributed by atoms with Crippen LogP contribution in [-0.2, 0) is 11.2 Å². The Kier molecular flexibility index (Phi) is 2.19. The molecule has 2 rings (SSSR count). The lowest BCUT2D eigenvalue weighted by atomic mass is 10.2. The molecule has 74 valence electrons. The number of Topliss-reactive ketones (excluding diaryl/α,β-unsaturated/α-hetero) is 1. The molecule has 0 unspecified atom stereocenters. The predicted molar refractivity (Wildman–Crippen MR) is 52.8 cm³/mol. The van der Waals surface area contributed by atoms with Gasteiger partial charge in [-0.25, -0.2) is 9.97 Å². The molecule has 1 fully saturated rings. The van der Waals surface area contributed by atoms with Crippen LogP contribution in [0.1, 0.15) is 37.2 Å². The topological polar surface area (TPSA) is 68.9 Å². The average Bonchev–Trinajstić information content (AvgIpc) is 2.82. The van der Waals surface area contributed by atoms with Gasteiger partial charge in [-0.3, -0.25) is 4.79 Å². The van der Waals surface area contributed by atoms with Crippen molar-refractivity contribution in [3.05, 3.63) is 17.6 Å². The molecule has 14 heavy (non-hydrogen) atoms. The Morgan fingerprint density at radius 2 is 2.29 bits per heavy atom. The summed E-state index contributed by atoms with van der Waals surface area (Å²) in [5.74, 6) is 1.86. The average molecular weight is 191 g/mol. The predicted octanol–water partition coefficient (Wildman–Crippen LogP) is 1.07. The molecule has 0 spiro atoms. The molecule has 1 aliphatic rings. The maximum absolute atomic E-state index is 10.9. The van der Waals surface area contributed by atoms with Gasteiger partial charge in [-0.15, -0.1) is 0 Å². The van der Waals surface area contributed by atoms with Gasteiger partial charge in [-0.05, 0) is 19.8 Å². The molecule has 1 heterocycles. The Morgan fingerprint density at radius 1 is 1.57 bits per heavy atom. The van der Waals surface area contributed by atoms with E-state index in [0.29, 0.717) is 18.2 Å². The van der Waals surface area contributed by atoms with E-state index >= 15 is 0 Å². The largest absolute Gasteiger partial charge is 0.384 e. The van der Waals surface area contributed by atoms with Crippen molar-refractivity contribution in [2.75, 3.05) is 5.73 Å². The number of hydrogen-bond acceptors (Lipinski definition) is 4. The Morgan fingerprint density at radius 3 is 2.86 bits per heavy atom. The van der Waals surface area contributed by atoms with Crippen LogP contribution in [0.2, 0.25) is 0 Å². The van der Waals surface area contributed by atoms with Crippen LogP contribution in [0.3, 0.4) is 0 Å². The first-order valence-corrected chi connectivity index (χ1v) is 4.78. The zero-order valence-electron chi connectivity index (χ0n) is 8.16. The number of carbonyl (C=O) groups is 1. The number of ketones is 1. The molecule has 0 atom stereocenters. The van der Waals surface area contributed by atoms with Crippen molar-refractivity contribution in [3.63, 3.8) is 0 Å².